The van der Waals surface area contributed by atoms with E-state index in [4.69, 9.17) is 44.9 Å². The zero-order chi connectivity index (χ0) is 20.9. The standard InChI is InChI=1S/C21H20Cl2N2O3S/c1-4-27-19(26)16-17-14-9-12(22)10-15(23)18(14)28-21(16,3)25(20(29)24-17)13-7-5-11(2)6-8-13/h5-10,16-17H,4H2,1-3H3,(H,24,29)/t16-,17-,21-/m0/s1. The van der Waals surface area contributed by atoms with Crippen LogP contribution in [0.2, 0.25) is 10.0 Å². The molecule has 0 aromatic heterocycles. The third kappa shape index (κ3) is 3.23. The average Bonchev–Trinajstić information content (AvgIpc) is 2.64. The molecule has 8 heteroatoms. The van der Waals surface area contributed by atoms with E-state index in [-0.39, 0.29) is 12.6 Å². The van der Waals surface area contributed by atoms with Crippen LogP contribution in [0.1, 0.15) is 31.0 Å². The van der Waals surface area contributed by atoms with Gasteiger partial charge in [-0.15, -0.1) is 0 Å². The van der Waals surface area contributed by atoms with Crippen molar-refractivity contribution in [3.63, 3.8) is 0 Å². The first-order chi connectivity index (χ1) is 13.8. The summed E-state index contributed by atoms with van der Waals surface area (Å²) in [5, 5.41) is 4.58. The van der Waals surface area contributed by atoms with Gasteiger partial charge in [-0.2, -0.15) is 0 Å². The SMILES string of the molecule is CCOC(=O)[C@@H]1[C@H]2NC(=S)N(c3ccc(C)cc3)[C@@]1(C)Oc1c(Cl)cc(Cl)cc12. The Bertz CT molecular complexity index is 998. The summed E-state index contributed by atoms with van der Waals surface area (Å²) in [6.07, 6.45) is 0. The molecule has 0 unspecified atom stereocenters. The topological polar surface area (TPSA) is 50.8 Å². The molecule has 1 fully saturated rings. The Kier molecular flexibility index (Phi) is 5.13. The zero-order valence-electron chi connectivity index (χ0n) is 16.2. The molecule has 5 nitrogen and oxygen atoms in total. The molecule has 2 aliphatic rings. The van der Waals surface area contributed by atoms with Crippen LogP contribution in [-0.4, -0.2) is 23.4 Å². The Labute approximate surface area is 184 Å². The molecule has 2 aromatic rings. The van der Waals surface area contributed by atoms with Crippen molar-refractivity contribution in [2.45, 2.75) is 32.5 Å². The number of nitrogens with zero attached hydrogens (tertiary/aromatic N) is 1. The number of anilines is 1. The van der Waals surface area contributed by atoms with Crippen molar-refractivity contribution in [2.75, 3.05) is 11.5 Å². The molecular formula is C21H20Cl2N2O3S. The molecule has 1 N–H and O–H groups in total. The summed E-state index contributed by atoms with van der Waals surface area (Å²) in [7, 11) is 0. The van der Waals surface area contributed by atoms with Crippen LogP contribution in [0.15, 0.2) is 36.4 Å². The van der Waals surface area contributed by atoms with Gasteiger partial charge in [0.25, 0.3) is 0 Å². The molecule has 0 aliphatic carbocycles. The van der Waals surface area contributed by atoms with E-state index >= 15 is 0 Å². The molecule has 2 aromatic carbocycles. The van der Waals surface area contributed by atoms with Gasteiger partial charge in [0, 0.05) is 16.3 Å². The molecule has 2 heterocycles. The minimum absolute atomic E-state index is 0.260. The number of hydrogen-bond acceptors (Lipinski definition) is 4. The van der Waals surface area contributed by atoms with E-state index in [2.05, 4.69) is 5.32 Å². The fraction of sp³-hybridized carbons (Fsp3) is 0.333. The first kappa shape index (κ1) is 20.3. The summed E-state index contributed by atoms with van der Waals surface area (Å²) >= 11 is 18.4. The predicted molar refractivity (Wildman–Crippen MR) is 118 cm³/mol. The minimum atomic E-state index is -1.14. The number of fused-ring (bicyclic) bond motifs is 4. The normalized spacial score (nSPS) is 25.0. The fourth-order valence-corrected chi connectivity index (χ4v) is 5.04. The molecule has 4 rings (SSSR count). The third-order valence-electron chi connectivity index (χ3n) is 5.35. The number of esters is 1. The Morgan fingerprint density at radius 2 is 2.00 bits per heavy atom. The number of hydrogen-bond donors (Lipinski definition) is 1. The van der Waals surface area contributed by atoms with E-state index in [1.165, 1.54) is 0 Å². The number of thiocarbonyl (C=S) groups is 1. The summed E-state index contributed by atoms with van der Waals surface area (Å²) < 4.78 is 11.8. The minimum Gasteiger partial charge on any atom is -0.466 e. The van der Waals surface area contributed by atoms with Crippen LogP contribution in [0.5, 0.6) is 5.75 Å². The second kappa shape index (κ2) is 7.35. The lowest BCUT2D eigenvalue weighted by molar-refractivity contribution is -0.159. The molecule has 0 spiro atoms. The summed E-state index contributed by atoms with van der Waals surface area (Å²) in [6.45, 7) is 5.88. The second-order valence-electron chi connectivity index (χ2n) is 7.29. The Morgan fingerprint density at radius 3 is 2.66 bits per heavy atom. The number of aryl methyl sites for hydroxylation is 1. The molecule has 2 bridgehead atoms. The van der Waals surface area contributed by atoms with Crippen molar-refractivity contribution in [1.82, 2.24) is 5.32 Å². The van der Waals surface area contributed by atoms with E-state index in [0.717, 1.165) is 11.3 Å². The van der Waals surface area contributed by atoms with E-state index in [9.17, 15) is 4.79 Å². The third-order valence-corrected chi connectivity index (χ3v) is 6.15. The number of carbonyl (C=O) groups is 1. The molecule has 0 saturated carbocycles. The van der Waals surface area contributed by atoms with Gasteiger partial charge in [-0.05, 0) is 57.3 Å². The highest BCUT2D eigenvalue weighted by Crippen LogP contribution is 2.52. The second-order valence-corrected chi connectivity index (χ2v) is 8.52. The molecule has 1 saturated heterocycles. The van der Waals surface area contributed by atoms with Crippen LogP contribution in [0, 0.1) is 12.8 Å². The average molecular weight is 451 g/mol. The molecule has 2 aliphatic heterocycles. The van der Waals surface area contributed by atoms with Crippen LogP contribution in [0.25, 0.3) is 0 Å². The predicted octanol–water partition coefficient (Wildman–Crippen LogP) is 5.03. The lowest BCUT2D eigenvalue weighted by Gasteiger charge is -2.55. The molecule has 152 valence electrons. The molecule has 29 heavy (non-hydrogen) atoms. The van der Waals surface area contributed by atoms with E-state index in [1.54, 1.807) is 19.1 Å². The largest absolute Gasteiger partial charge is 0.466 e. The Balaban J connectivity index is 1.92. The van der Waals surface area contributed by atoms with Crippen molar-refractivity contribution in [1.29, 1.82) is 0 Å². The lowest BCUT2D eigenvalue weighted by atomic mass is 9.79. The summed E-state index contributed by atoms with van der Waals surface area (Å²) in [5.74, 6) is -0.595. The first-order valence-electron chi connectivity index (χ1n) is 9.28. The van der Waals surface area contributed by atoms with Crippen LogP contribution >= 0.6 is 35.4 Å². The maximum absolute atomic E-state index is 13.1. The van der Waals surface area contributed by atoms with Crippen LogP contribution in [0.3, 0.4) is 0 Å². The highest BCUT2D eigenvalue weighted by Gasteiger charge is 2.60. The van der Waals surface area contributed by atoms with Gasteiger partial charge in [0.15, 0.2) is 5.11 Å². The van der Waals surface area contributed by atoms with Crippen molar-refractivity contribution in [3.05, 3.63) is 57.6 Å². The number of carbonyl (C=O) groups excluding carboxylic acids is 1. The number of halogens is 2. The van der Waals surface area contributed by atoms with E-state index in [0.29, 0.717) is 26.5 Å². The van der Waals surface area contributed by atoms with Crippen molar-refractivity contribution >= 4 is 52.2 Å². The smallest absolute Gasteiger partial charge is 0.317 e. The Hall–Kier alpha value is -2.02. The maximum atomic E-state index is 13.1. The number of benzene rings is 2. The van der Waals surface area contributed by atoms with Gasteiger partial charge in [0.1, 0.15) is 11.7 Å². The van der Waals surface area contributed by atoms with Crippen molar-refractivity contribution in [2.24, 2.45) is 5.92 Å². The van der Waals surface area contributed by atoms with Crippen molar-refractivity contribution in [3.8, 4) is 5.75 Å². The zero-order valence-corrected chi connectivity index (χ0v) is 18.5. The van der Waals surface area contributed by atoms with Gasteiger partial charge in [0.2, 0.25) is 5.72 Å². The van der Waals surface area contributed by atoms with Crippen LogP contribution < -0.4 is 15.0 Å². The van der Waals surface area contributed by atoms with Gasteiger partial charge in [0.05, 0.1) is 17.7 Å². The number of ether oxygens (including phenoxy) is 2. The van der Waals surface area contributed by atoms with E-state index < -0.39 is 17.7 Å². The van der Waals surface area contributed by atoms with Gasteiger partial charge in [-0.1, -0.05) is 40.9 Å². The van der Waals surface area contributed by atoms with Crippen LogP contribution in [-0.2, 0) is 9.53 Å². The lowest BCUT2D eigenvalue weighted by Crippen LogP contribution is -2.71. The quantitative estimate of drug-likeness (QED) is 0.522. The fourth-order valence-electron chi connectivity index (χ4n) is 4.08. The Morgan fingerprint density at radius 1 is 1.31 bits per heavy atom. The maximum Gasteiger partial charge on any atom is 0.317 e. The number of rotatable bonds is 3. The molecule has 0 amide bonds. The van der Waals surface area contributed by atoms with Gasteiger partial charge in [-0.3, -0.25) is 9.69 Å². The van der Waals surface area contributed by atoms with E-state index in [1.807, 2.05) is 43.0 Å². The molecule has 0 radical (unpaired) electrons. The summed E-state index contributed by atoms with van der Waals surface area (Å²) in [4.78, 5) is 14.9. The van der Waals surface area contributed by atoms with Gasteiger partial charge < -0.3 is 14.8 Å². The van der Waals surface area contributed by atoms with Gasteiger partial charge in [-0.25, -0.2) is 0 Å². The number of nitrogens with one attached hydrogen (secondary N) is 1. The summed E-state index contributed by atoms with van der Waals surface area (Å²) in [6, 6.07) is 10.7. The monoisotopic (exact) mass is 450 g/mol. The molecular weight excluding hydrogens is 431 g/mol. The molecule has 3 atom stereocenters. The highest BCUT2D eigenvalue weighted by molar-refractivity contribution is 7.80. The highest BCUT2D eigenvalue weighted by atomic mass is 35.5. The van der Waals surface area contributed by atoms with Crippen molar-refractivity contribution < 1.29 is 14.3 Å². The summed E-state index contributed by atoms with van der Waals surface area (Å²) in [5.41, 5.74) is 1.46. The van der Waals surface area contributed by atoms with Gasteiger partial charge >= 0.3 is 5.97 Å². The first-order valence-corrected chi connectivity index (χ1v) is 10.4. The van der Waals surface area contributed by atoms with Crippen LogP contribution in [0.4, 0.5) is 5.69 Å².